The molecule has 0 aliphatic carbocycles. The Hall–Kier alpha value is -1.48. The number of nitriles is 1. The number of hydrogen-bond donors (Lipinski definition) is 5. The average Bonchev–Trinajstić information content (AvgIpc) is 2.55. The maximum Gasteiger partial charge on any atom is 0.366 e. The van der Waals surface area contributed by atoms with Gasteiger partial charge in [-0.05, 0) is 0 Å². The quantitative estimate of drug-likeness (QED) is 0.275. The molecule has 6 atom stereocenters. The molecule has 23 heavy (non-hydrogen) atoms. The standard InChI is InChI=1S/C12H22O8.CHNO/c1-6-7(14)4-12(19-3,11(17)18-2)20-10(6)9(16)8(15)5-13;2-1-3/h6-10,13-16H,4-5H2,1-3H3;3H. The minimum absolute atomic E-state index is 0.157. The molecule has 1 aliphatic heterocycles. The van der Waals surface area contributed by atoms with E-state index in [1.54, 1.807) is 6.92 Å². The van der Waals surface area contributed by atoms with Crippen molar-refractivity contribution in [2.24, 2.45) is 5.92 Å². The SMILES string of the molecule is COC(=O)C1(OC)CC(O)C(C)C(C(O)C(O)CO)O1.N#CO. The summed E-state index contributed by atoms with van der Waals surface area (Å²) in [5, 5.41) is 52.1. The molecule has 5 N–H and O–H groups in total. The summed E-state index contributed by atoms with van der Waals surface area (Å²) in [6.45, 7) is 0.918. The van der Waals surface area contributed by atoms with Gasteiger partial charge in [0.05, 0.1) is 25.9 Å². The first kappa shape index (κ1) is 21.5. The van der Waals surface area contributed by atoms with E-state index in [1.165, 1.54) is 7.11 Å². The molecular formula is C13H23NO9. The van der Waals surface area contributed by atoms with Crippen LogP contribution in [0.5, 0.6) is 0 Å². The molecule has 1 aliphatic rings. The van der Waals surface area contributed by atoms with E-state index in [2.05, 4.69) is 4.74 Å². The second kappa shape index (κ2) is 9.61. The Balaban J connectivity index is 0.00000149. The van der Waals surface area contributed by atoms with Crippen molar-refractivity contribution in [3.8, 4) is 6.26 Å². The highest BCUT2D eigenvalue weighted by Gasteiger charge is 2.54. The molecule has 6 unspecified atom stereocenters. The lowest BCUT2D eigenvalue weighted by Gasteiger charge is -2.45. The minimum atomic E-state index is -1.85. The molecule has 1 saturated heterocycles. The number of nitrogens with zero attached hydrogens (tertiary/aromatic N) is 1. The Morgan fingerprint density at radius 1 is 1.48 bits per heavy atom. The minimum Gasteiger partial charge on any atom is -0.465 e. The number of carbonyl (C=O) groups is 1. The van der Waals surface area contributed by atoms with Crippen LogP contribution in [0, 0.1) is 17.4 Å². The first-order valence-corrected chi connectivity index (χ1v) is 6.74. The normalized spacial score (nSPS) is 32.7. The zero-order chi connectivity index (χ0) is 18.2. The van der Waals surface area contributed by atoms with Crippen molar-refractivity contribution in [1.29, 1.82) is 5.26 Å². The number of aliphatic hydroxyl groups excluding tert-OH is 5. The van der Waals surface area contributed by atoms with E-state index in [0.29, 0.717) is 0 Å². The van der Waals surface area contributed by atoms with Gasteiger partial charge in [0.2, 0.25) is 0 Å². The third-order valence-corrected chi connectivity index (χ3v) is 3.67. The van der Waals surface area contributed by atoms with Crippen molar-refractivity contribution < 1.29 is 44.5 Å². The van der Waals surface area contributed by atoms with Crippen molar-refractivity contribution in [2.45, 2.75) is 43.5 Å². The molecule has 0 aromatic rings. The predicted molar refractivity (Wildman–Crippen MR) is 73.1 cm³/mol. The van der Waals surface area contributed by atoms with Gasteiger partial charge in [0.25, 0.3) is 12.0 Å². The van der Waals surface area contributed by atoms with Gasteiger partial charge < -0.3 is 39.7 Å². The van der Waals surface area contributed by atoms with Gasteiger partial charge in [-0.3, -0.25) is 0 Å². The Kier molecular flexibility index (Phi) is 8.99. The lowest BCUT2D eigenvalue weighted by Crippen LogP contribution is -2.61. The van der Waals surface area contributed by atoms with Gasteiger partial charge >= 0.3 is 5.97 Å². The summed E-state index contributed by atoms with van der Waals surface area (Å²) in [7, 11) is 2.36. The highest BCUT2D eigenvalue weighted by molar-refractivity contribution is 5.78. The smallest absolute Gasteiger partial charge is 0.366 e. The van der Waals surface area contributed by atoms with Crippen molar-refractivity contribution in [3.05, 3.63) is 0 Å². The molecule has 1 heterocycles. The number of methoxy groups -OCH3 is 2. The number of carbonyl (C=O) groups excluding carboxylic acids is 1. The molecule has 134 valence electrons. The van der Waals surface area contributed by atoms with Gasteiger partial charge in [-0.15, -0.1) is 0 Å². The van der Waals surface area contributed by atoms with Gasteiger partial charge in [-0.2, -0.15) is 5.26 Å². The summed E-state index contributed by atoms with van der Waals surface area (Å²) in [4.78, 5) is 11.8. The fraction of sp³-hybridized carbons (Fsp3) is 0.846. The Morgan fingerprint density at radius 3 is 2.39 bits per heavy atom. The molecule has 0 aromatic heterocycles. The maximum absolute atomic E-state index is 11.8. The van der Waals surface area contributed by atoms with Gasteiger partial charge in [-0.1, -0.05) is 6.92 Å². The van der Waals surface area contributed by atoms with Gasteiger partial charge in [0.15, 0.2) is 0 Å². The van der Waals surface area contributed by atoms with Crippen LogP contribution < -0.4 is 0 Å². The number of aliphatic hydroxyl groups is 5. The monoisotopic (exact) mass is 337 g/mol. The Morgan fingerprint density at radius 2 is 2.00 bits per heavy atom. The topological polar surface area (TPSA) is 170 Å². The lowest BCUT2D eigenvalue weighted by molar-refractivity contribution is -0.311. The average molecular weight is 337 g/mol. The molecule has 0 aromatic carbocycles. The molecule has 1 fully saturated rings. The largest absolute Gasteiger partial charge is 0.465 e. The van der Waals surface area contributed by atoms with Crippen molar-refractivity contribution in [1.82, 2.24) is 0 Å². The summed E-state index contributed by atoms with van der Waals surface area (Å²) >= 11 is 0. The van der Waals surface area contributed by atoms with Gasteiger partial charge in [0.1, 0.15) is 12.2 Å². The third-order valence-electron chi connectivity index (χ3n) is 3.67. The molecule has 0 saturated carbocycles. The van der Waals surface area contributed by atoms with E-state index < -0.39 is 48.7 Å². The van der Waals surface area contributed by atoms with E-state index in [4.69, 9.17) is 24.9 Å². The fourth-order valence-electron chi connectivity index (χ4n) is 2.26. The molecule has 10 heteroatoms. The van der Waals surface area contributed by atoms with Crippen molar-refractivity contribution >= 4 is 5.97 Å². The molecule has 1 rings (SSSR count). The summed E-state index contributed by atoms with van der Waals surface area (Å²) < 4.78 is 15.1. The first-order chi connectivity index (χ1) is 10.7. The van der Waals surface area contributed by atoms with Crippen LogP contribution in [0.4, 0.5) is 0 Å². The maximum atomic E-state index is 11.8. The highest BCUT2D eigenvalue weighted by atomic mass is 16.7. The first-order valence-electron chi connectivity index (χ1n) is 6.74. The van der Waals surface area contributed by atoms with E-state index >= 15 is 0 Å². The van der Waals surface area contributed by atoms with Crippen LogP contribution in [0.15, 0.2) is 0 Å². The van der Waals surface area contributed by atoms with Crippen LogP contribution in [0.2, 0.25) is 0 Å². The Labute approximate surface area is 133 Å². The lowest BCUT2D eigenvalue weighted by atomic mass is 9.84. The summed E-state index contributed by atoms with van der Waals surface area (Å²) in [6, 6.07) is 0. The van der Waals surface area contributed by atoms with E-state index in [0.717, 1.165) is 13.4 Å². The molecule has 0 radical (unpaired) electrons. The second-order valence-electron chi connectivity index (χ2n) is 5.00. The molecule has 10 nitrogen and oxygen atoms in total. The van der Waals surface area contributed by atoms with Crippen molar-refractivity contribution in [3.63, 3.8) is 0 Å². The number of ether oxygens (including phenoxy) is 3. The molecule has 0 spiro atoms. The van der Waals surface area contributed by atoms with Crippen LogP contribution >= 0.6 is 0 Å². The fourth-order valence-corrected chi connectivity index (χ4v) is 2.26. The van der Waals surface area contributed by atoms with E-state index in [9.17, 15) is 20.1 Å². The number of rotatable bonds is 5. The summed E-state index contributed by atoms with van der Waals surface area (Å²) in [5.41, 5.74) is 0. The highest BCUT2D eigenvalue weighted by Crippen LogP contribution is 2.36. The summed E-state index contributed by atoms with van der Waals surface area (Å²) in [6.07, 6.45) is -4.45. The second-order valence-corrected chi connectivity index (χ2v) is 5.00. The van der Waals surface area contributed by atoms with Crippen LogP contribution in [0.25, 0.3) is 0 Å². The Bertz CT molecular complexity index is 413. The van der Waals surface area contributed by atoms with Crippen LogP contribution in [-0.4, -0.2) is 82.5 Å². The van der Waals surface area contributed by atoms with Crippen molar-refractivity contribution in [2.75, 3.05) is 20.8 Å². The van der Waals surface area contributed by atoms with Crippen LogP contribution in [-0.2, 0) is 19.0 Å². The van der Waals surface area contributed by atoms with Crippen LogP contribution in [0.3, 0.4) is 0 Å². The molecule has 0 amide bonds. The number of hydrogen-bond acceptors (Lipinski definition) is 10. The van der Waals surface area contributed by atoms with E-state index in [1.807, 2.05) is 0 Å². The third kappa shape index (κ3) is 5.00. The number of esters is 1. The predicted octanol–water partition coefficient (Wildman–Crippen LogP) is -2.16. The molecule has 0 bridgehead atoms. The van der Waals surface area contributed by atoms with Gasteiger partial charge in [0, 0.05) is 19.4 Å². The summed E-state index contributed by atoms with van der Waals surface area (Å²) in [5.74, 6) is -3.26. The zero-order valence-electron chi connectivity index (χ0n) is 13.1. The molecular weight excluding hydrogens is 314 g/mol. The van der Waals surface area contributed by atoms with Gasteiger partial charge in [-0.25, -0.2) is 4.79 Å². The zero-order valence-corrected chi connectivity index (χ0v) is 13.1. The van der Waals surface area contributed by atoms with E-state index in [-0.39, 0.29) is 6.42 Å². The van der Waals surface area contributed by atoms with Crippen LogP contribution in [0.1, 0.15) is 13.3 Å².